The van der Waals surface area contributed by atoms with Gasteiger partial charge in [-0.1, -0.05) is 39.3 Å². The van der Waals surface area contributed by atoms with E-state index in [2.05, 4.69) is 55.5 Å². The summed E-state index contributed by atoms with van der Waals surface area (Å²) < 4.78 is 19.6. The third-order valence-corrected chi connectivity index (χ3v) is 7.45. The zero-order valence-corrected chi connectivity index (χ0v) is 26.9. The SMILES string of the molecule is CC/C(C)=C/N=C(\C=C(/C)N[C@@H](CCN(CCCCc1ccc2c(n1)NCCC2)C[C@H](F)COC)C(=O)O)C(C)(C)C. The van der Waals surface area contributed by atoms with Crippen LogP contribution in [0.5, 0.6) is 0 Å². The molecular weight excluding hydrogens is 533 g/mol. The fourth-order valence-corrected chi connectivity index (χ4v) is 4.77. The molecule has 1 aliphatic heterocycles. The van der Waals surface area contributed by atoms with Crippen LogP contribution in [0.15, 0.2) is 40.7 Å². The van der Waals surface area contributed by atoms with Crippen molar-refractivity contribution >= 4 is 17.5 Å². The first-order chi connectivity index (χ1) is 19.9. The molecule has 0 unspecified atom stereocenters. The lowest BCUT2D eigenvalue weighted by Crippen LogP contribution is -2.41. The number of pyridine rings is 1. The Balaban J connectivity index is 2.01. The first-order valence-electron chi connectivity index (χ1n) is 15.4. The molecule has 9 heteroatoms. The van der Waals surface area contributed by atoms with E-state index in [-0.39, 0.29) is 18.6 Å². The van der Waals surface area contributed by atoms with Crippen LogP contribution in [0.2, 0.25) is 0 Å². The number of carboxylic acid groups (broad SMARTS) is 1. The number of methoxy groups -OCH3 is 1. The molecule has 0 saturated heterocycles. The summed E-state index contributed by atoms with van der Waals surface area (Å²) in [6.07, 6.45) is 8.79. The van der Waals surface area contributed by atoms with E-state index in [1.807, 2.05) is 31.0 Å². The Morgan fingerprint density at radius 3 is 2.71 bits per heavy atom. The molecule has 0 aliphatic carbocycles. The van der Waals surface area contributed by atoms with Gasteiger partial charge in [-0.2, -0.15) is 0 Å². The van der Waals surface area contributed by atoms with E-state index in [1.165, 1.54) is 18.2 Å². The van der Waals surface area contributed by atoms with Gasteiger partial charge >= 0.3 is 5.97 Å². The lowest BCUT2D eigenvalue weighted by molar-refractivity contribution is -0.139. The number of aromatic nitrogens is 1. The predicted octanol–water partition coefficient (Wildman–Crippen LogP) is 6.19. The van der Waals surface area contributed by atoms with Crippen molar-refractivity contribution in [2.45, 2.75) is 98.7 Å². The highest BCUT2D eigenvalue weighted by molar-refractivity contribution is 5.99. The van der Waals surface area contributed by atoms with E-state index in [0.717, 1.165) is 68.0 Å². The maximum Gasteiger partial charge on any atom is 0.326 e. The number of aliphatic imine (C=N–C) groups is 1. The molecule has 3 N–H and O–H groups in total. The summed E-state index contributed by atoms with van der Waals surface area (Å²) in [5.74, 6) is 0.0738. The molecule has 42 heavy (non-hydrogen) atoms. The van der Waals surface area contributed by atoms with Crippen molar-refractivity contribution < 1.29 is 19.0 Å². The number of alkyl halides is 1. The van der Waals surface area contributed by atoms with E-state index in [1.54, 1.807) is 0 Å². The van der Waals surface area contributed by atoms with Gasteiger partial charge in [-0.15, -0.1) is 0 Å². The summed E-state index contributed by atoms with van der Waals surface area (Å²) in [5.41, 5.74) is 4.92. The molecule has 0 fully saturated rings. The Hall–Kier alpha value is -2.78. The number of unbranched alkanes of at least 4 members (excludes halogenated alkanes) is 1. The molecule has 2 rings (SSSR count). The predicted molar refractivity (Wildman–Crippen MR) is 171 cm³/mol. The van der Waals surface area contributed by atoms with Crippen molar-refractivity contribution in [2.24, 2.45) is 10.4 Å². The number of allylic oxidation sites excluding steroid dienone is 3. The molecule has 2 heterocycles. The number of aliphatic carboxylic acids is 1. The summed E-state index contributed by atoms with van der Waals surface area (Å²) >= 11 is 0. The van der Waals surface area contributed by atoms with Crippen molar-refractivity contribution in [3.63, 3.8) is 0 Å². The Morgan fingerprint density at radius 2 is 2.05 bits per heavy atom. The molecule has 2 atom stereocenters. The molecule has 1 aromatic rings. The number of carboxylic acids is 1. The van der Waals surface area contributed by atoms with Crippen molar-refractivity contribution in [3.05, 3.63) is 46.9 Å². The van der Waals surface area contributed by atoms with Crippen LogP contribution in [0.3, 0.4) is 0 Å². The summed E-state index contributed by atoms with van der Waals surface area (Å²) in [7, 11) is 1.49. The van der Waals surface area contributed by atoms with Crippen molar-refractivity contribution in [1.82, 2.24) is 15.2 Å². The summed E-state index contributed by atoms with van der Waals surface area (Å²) in [4.78, 5) is 23.7. The molecule has 0 radical (unpaired) electrons. The van der Waals surface area contributed by atoms with Gasteiger partial charge in [-0.3, -0.25) is 4.99 Å². The van der Waals surface area contributed by atoms with Crippen molar-refractivity contribution in [1.29, 1.82) is 0 Å². The van der Waals surface area contributed by atoms with E-state index in [0.29, 0.717) is 19.5 Å². The summed E-state index contributed by atoms with van der Waals surface area (Å²) in [6, 6.07) is 3.48. The number of hydrogen-bond acceptors (Lipinski definition) is 7. The third-order valence-electron chi connectivity index (χ3n) is 7.45. The van der Waals surface area contributed by atoms with Gasteiger partial charge in [0.2, 0.25) is 0 Å². The Morgan fingerprint density at radius 1 is 1.29 bits per heavy atom. The number of ether oxygens (including phenoxy) is 1. The molecule has 0 saturated carbocycles. The average molecular weight is 588 g/mol. The molecule has 0 spiro atoms. The highest BCUT2D eigenvalue weighted by Crippen LogP contribution is 2.21. The van der Waals surface area contributed by atoms with E-state index >= 15 is 0 Å². The molecule has 8 nitrogen and oxygen atoms in total. The molecule has 0 aromatic carbocycles. The van der Waals surface area contributed by atoms with Gasteiger partial charge in [-0.05, 0) is 83.0 Å². The first kappa shape index (κ1) is 35.4. The van der Waals surface area contributed by atoms with Crippen LogP contribution < -0.4 is 10.6 Å². The van der Waals surface area contributed by atoms with Gasteiger partial charge in [0, 0.05) is 55.5 Å². The monoisotopic (exact) mass is 587 g/mol. The fraction of sp³-hybridized carbons (Fsp3) is 0.667. The van der Waals surface area contributed by atoms with Gasteiger partial charge in [0.05, 0.1) is 6.61 Å². The van der Waals surface area contributed by atoms with Crippen LogP contribution in [-0.4, -0.2) is 78.8 Å². The molecule has 0 amide bonds. The van der Waals surface area contributed by atoms with Gasteiger partial charge in [-0.25, -0.2) is 14.2 Å². The van der Waals surface area contributed by atoms with Crippen LogP contribution in [0.25, 0.3) is 0 Å². The molecule has 236 valence electrons. The maximum atomic E-state index is 14.5. The Bertz CT molecular complexity index is 1080. The first-order valence-corrected chi connectivity index (χ1v) is 15.4. The van der Waals surface area contributed by atoms with Gasteiger partial charge in [0.25, 0.3) is 0 Å². The van der Waals surface area contributed by atoms with Crippen LogP contribution in [0.4, 0.5) is 10.2 Å². The number of aryl methyl sites for hydroxylation is 2. The zero-order valence-electron chi connectivity index (χ0n) is 26.9. The minimum atomic E-state index is -1.13. The smallest absolute Gasteiger partial charge is 0.326 e. The Labute approximate surface area is 252 Å². The second-order valence-electron chi connectivity index (χ2n) is 12.4. The topological polar surface area (TPSA) is 99.1 Å². The van der Waals surface area contributed by atoms with Gasteiger partial charge in [0.15, 0.2) is 0 Å². The lowest BCUT2D eigenvalue weighted by atomic mass is 9.89. The number of rotatable bonds is 18. The number of hydrogen-bond donors (Lipinski definition) is 3. The quantitative estimate of drug-likeness (QED) is 0.139. The second-order valence-corrected chi connectivity index (χ2v) is 12.4. The molecular formula is C33H54FN5O3. The van der Waals surface area contributed by atoms with E-state index in [4.69, 9.17) is 9.72 Å². The molecule has 0 bridgehead atoms. The number of fused-ring (bicyclic) bond motifs is 1. The molecule has 1 aromatic heterocycles. The van der Waals surface area contributed by atoms with Crippen LogP contribution >= 0.6 is 0 Å². The Kier molecular flexibility index (Phi) is 15.2. The summed E-state index contributed by atoms with van der Waals surface area (Å²) in [6.45, 7) is 14.6. The number of carbonyl (C=O) groups is 1. The standard InChI is InChI=1S/C33H54FN5O3/c1-8-24(2)21-36-30(33(4,5)6)20-25(3)37-29(32(40)41)16-19-39(22-27(34)23-42-7)18-10-9-13-28-15-14-26-12-11-17-35-31(26)38-28/h14-15,20-21,27,29,37H,8-13,16-19,22-23H2,1-7H3,(H,35,38)(H,40,41)/b24-21+,25-20+,36-30+/t27-,29-/m0/s1. The van der Waals surface area contributed by atoms with Crippen molar-refractivity contribution in [3.8, 4) is 0 Å². The normalized spacial score (nSPS) is 16.2. The second kappa shape index (κ2) is 18.0. The van der Waals surface area contributed by atoms with E-state index in [9.17, 15) is 14.3 Å². The number of nitrogens with one attached hydrogen (secondary N) is 2. The van der Waals surface area contributed by atoms with Crippen molar-refractivity contribution in [2.75, 3.05) is 45.2 Å². The maximum absolute atomic E-state index is 14.5. The van der Waals surface area contributed by atoms with Crippen LogP contribution in [-0.2, 0) is 22.4 Å². The minimum Gasteiger partial charge on any atom is -0.480 e. The summed E-state index contributed by atoms with van der Waals surface area (Å²) in [5, 5.41) is 16.5. The number of nitrogens with zero attached hydrogens (tertiary/aromatic N) is 3. The third kappa shape index (κ3) is 13.0. The number of halogens is 1. The average Bonchev–Trinajstić information content (AvgIpc) is 2.94. The largest absolute Gasteiger partial charge is 0.480 e. The fourth-order valence-electron chi connectivity index (χ4n) is 4.77. The minimum absolute atomic E-state index is 0.0197. The van der Waals surface area contributed by atoms with Gasteiger partial charge < -0.3 is 25.4 Å². The van der Waals surface area contributed by atoms with Crippen LogP contribution in [0.1, 0.15) is 84.9 Å². The molecule has 1 aliphatic rings. The number of anilines is 1. The van der Waals surface area contributed by atoms with E-state index < -0.39 is 18.2 Å². The highest BCUT2D eigenvalue weighted by atomic mass is 19.1. The van der Waals surface area contributed by atoms with Gasteiger partial charge in [0.1, 0.15) is 18.0 Å². The zero-order chi connectivity index (χ0) is 31.1. The van der Waals surface area contributed by atoms with Crippen LogP contribution in [0, 0.1) is 5.41 Å². The highest BCUT2D eigenvalue weighted by Gasteiger charge is 2.22. The lowest BCUT2D eigenvalue weighted by Gasteiger charge is -2.26.